The number of aliphatic hydroxyl groups is 1. The predicted molar refractivity (Wildman–Crippen MR) is 76.9 cm³/mol. The quantitative estimate of drug-likeness (QED) is 0.805. The number of aliphatic imine (C=N–C) groups is 1. The van der Waals surface area contributed by atoms with Crippen LogP contribution in [-0.2, 0) is 11.8 Å². The molecule has 0 aliphatic carbocycles. The fourth-order valence-electron chi connectivity index (χ4n) is 2.30. The normalized spacial score (nSPS) is 14.6. The number of fused-ring (bicyclic) bond motifs is 1. The number of unbranched alkanes of at least 4 members (excludes halogenated alkanes) is 1. The number of benzene rings is 1. The summed E-state index contributed by atoms with van der Waals surface area (Å²) < 4.78 is 0. The topological polar surface area (TPSA) is 32.6 Å². The van der Waals surface area contributed by atoms with E-state index in [-0.39, 0.29) is 12.0 Å². The van der Waals surface area contributed by atoms with E-state index in [0.29, 0.717) is 0 Å². The van der Waals surface area contributed by atoms with Gasteiger partial charge >= 0.3 is 0 Å². The van der Waals surface area contributed by atoms with Crippen LogP contribution in [0.4, 0.5) is 5.69 Å². The molecular formula is C16H23NO. The maximum Gasteiger partial charge on any atom is 0.0667 e. The zero-order chi connectivity index (χ0) is 13.2. The minimum atomic E-state index is 0.185. The summed E-state index contributed by atoms with van der Waals surface area (Å²) in [5.74, 6) is 0. The number of nitrogens with zero attached hydrogens (tertiary/aromatic N) is 1. The highest BCUT2D eigenvalue weighted by atomic mass is 16.2. The molecule has 0 atom stereocenters. The Bertz CT molecular complexity index is 455. The molecule has 0 bridgehead atoms. The molecule has 0 spiro atoms. The summed E-state index contributed by atoms with van der Waals surface area (Å²) in [7, 11) is 0. The Morgan fingerprint density at radius 2 is 2.00 bits per heavy atom. The highest BCUT2D eigenvalue weighted by Gasteiger charge is 2.19. The fraction of sp³-hybridized carbons (Fsp3) is 0.562. The van der Waals surface area contributed by atoms with Crippen molar-refractivity contribution in [2.45, 2.75) is 51.9 Å². The van der Waals surface area contributed by atoms with Crippen molar-refractivity contribution in [2.75, 3.05) is 6.61 Å². The molecule has 1 aliphatic heterocycles. The van der Waals surface area contributed by atoms with E-state index in [1.807, 2.05) is 0 Å². The number of rotatable bonds is 4. The van der Waals surface area contributed by atoms with E-state index in [4.69, 9.17) is 10.1 Å². The van der Waals surface area contributed by atoms with Gasteiger partial charge in [0.2, 0.25) is 0 Å². The molecule has 0 saturated carbocycles. The van der Waals surface area contributed by atoms with E-state index in [1.54, 1.807) is 0 Å². The average molecular weight is 245 g/mol. The van der Waals surface area contributed by atoms with Crippen LogP contribution in [-0.4, -0.2) is 17.4 Å². The summed E-state index contributed by atoms with van der Waals surface area (Å²) in [5, 5.41) is 8.80. The van der Waals surface area contributed by atoms with Crippen LogP contribution in [0.2, 0.25) is 0 Å². The van der Waals surface area contributed by atoms with E-state index in [1.165, 1.54) is 16.8 Å². The van der Waals surface area contributed by atoms with Gasteiger partial charge in [0.25, 0.3) is 0 Å². The maximum atomic E-state index is 8.80. The monoisotopic (exact) mass is 245 g/mol. The van der Waals surface area contributed by atoms with Crippen LogP contribution in [0.15, 0.2) is 23.2 Å². The van der Waals surface area contributed by atoms with Crippen LogP contribution >= 0.6 is 0 Å². The van der Waals surface area contributed by atoms with Crippen molar-refractivity contribution in [2.24, 2.45) is 4.99 Å². The van der Waals surface area contributed by atoms with Crippen molar-refractivity contribution >= 4 is 11.4 Å². The van der Waals surface area contributed by atoms with E-state index in [2.05, 4.69) is 39.0 Å². The second kappa shape index (κ2) is 5.23. The molecule has 1 N–H and O–H groups in total. The molecule has 0 unspecified atom stereocenters. The van der Waals surface area contributed by atoms with Gasteiger partial charge in [-0.25, -0.2) is 0 Å². The van der Waals surface area contributed by atoms with Gasteiger partial charge in [-0.05, 0) is 41.9 Å². The van der Waals surface area contributed by atoms with Gasteiger partial charge in [-0.1, -0.05) is 32.9 Å². The molecular weight excluding hydrogens is 222 g/mol. The van der Waals surface area contributed by atoms with Gasteiger partial charge in [0, 0.05) is 18.7 Å². The van der Waals surface area contributed by atoms with Crippen LogP contribution in [0.1, 0.15) is 51.2 Å². The van der Waals surface area contributed by atoms with E-state index in [0.717, 1.165) is 31.4 Å². The molecule has 1 aromatic rings. The lowest BCUT2D eigenvalue weighted by atomic mass is 9.86. The van der Waals surface area contributed by atoms with E-state index >= 15 is 0 Å². The van der Waals surface area contributed by atoms with Crippen LogP contribution in [0.25, 0.3) is 0 Å². The largest absolute Gasteiger partial charge is 0.396 e. The average Bonchev–Trinajstić information content (AvgIpc) is 2.69. The van der Waals surface area contributed by atoms with Crippen molar-refractivity contribution in [1.82, 2.24) is 0 Å². The standard InChI is InChI=1S/C16H23NO/c1-16(2,3)13-8-7-12-10-14(6-4-5-9-18)17-15(12)11-13/h7-8,11,18H,4-6,9-10H2,1-3H3. The van der Waals surface area contributed by atoms with Crippen molar-refractivity contribution in [3.8, 4) is 0 Å². The first-order chi connectivity index (χ1) is 8.50. The van der Waals surface area contributed by atoms with E-state index in [9.17, 15) is 0 Å². The smallest absolute Gasteiger partial charge is 0.0667 e. The SMILES string of the molecule is CC(C)(C)c1ccc2c(c1)N=C(CCCCO)C2. The Hall–Kier alpha value is -1.15. The third-order valence-corrected chi connectivity index (χ3v) is 3.50. The first-order valence-corrected chi connectivity index (χ1v) is 6.81. The predicted octanol–water partition coefficient (Wildman–Crippen LogP) is 3.78. The van der Waals surface area contributed by atoms with Gasteiger partial charge in [0.1, 0.15) is 0 Å². The maximum absolute atomic E-state index is 8.80. The Morgan fingerprint density at radius 1 is 1.22 bits per heavy atom. The molecule has 0 saturated heterocycles. The van der Waals surface area contributed by atoms with Gasteiger partial charge in [-0.3, -0.25) is 4.99 Å². The molecule has 0 radical (unpaired) electrons. The summed E-state index contributed by atoms with van der Waals surface area (Å²) in [5.41, 5.74) is 5.30. The number of hydrogen-bond donors (Lipinski definition) is 1. The second-order valence-electron chi connectivity index (χ2n) is 6.13. The highest BCUT2D eigenvalue weighted by molar-refractivity contribution is 5.94. The summed E-state index contributed by atoms with van der Waals surface area (Å²) in [6.07, 6.45) is 3.92. The second-order valence-corrected chi connectivity index (χ2v) is 6.13. The Kier molecular flexibility index (Phi) is 3.86. The third kappa shape index (κ3) is 2.99. The lowest BCUT2D eigenvalue weighted by molar-refractivity contribution is 0.285. The van der Waals surface area contributed by atoms with Crippen molar-refractivity contribution in [1.29, 1.82) is 0 Å². The molecule has 1 aromatic carbocycles. The molecule has 0 aromatic heterocycles. The van der Waals surface area contributed by atoms with Crippen molar-refractivity contribution in [3.63, 3.8) is 0 Å². The molecule has 2 nitrogen and oxygen atoms in total. The summed E-state index contributed by atoms with van der Waals surface area (Å²) in [4.78, 5) is 4.73. The summed E-state index contributed by atoms with van der Waals surface area (Å²) >= 11 is 0. The lowest BCUT2D eigenvalue weighted by Crippen LogP contribution is -2.10. The zero-order valence-electron chi connectivity index (χ0n) is 11.7. The molecule has 1 heterocycles. The van der Waals surface area contributed by atoms with Crippen LogP contribution in [0, 0.1) is 0 Å². The number of aliphatic hydroxyl groups excluding tert-OH is 1. The minimum absolute atomic E-state index is 0.185. The first kappa shape index (κ1) is 13.3. The molecule has 2 heteroatoms. The van der Waals surface area contributed by atoms with Crippen molar-refractivity contribution < 1.29 is 5.11 Å². The molecule has 2 rings (SSSR count). The van der Waals surface area contributed by atoms with Gasteiger partial charge in [0.05, 0.1) is 5.69 Å². The molecule has 0 fully saturated rings. The Morgan fingerprint density at radius 3 is 2.67 bits per heavy atom. The molecule has 1 aliphatic rings. The van der Waals surface area contributed by atoms with Crippen LogP contribution in [0.3, 0.4) is 0 Å². The third-order valence-electron chi connectivity index (χ3n) is 3.50. The first-order valence-electron chi connectivity index (χ1n) is 6.81. The molecule has 0 amide bonds. The van der Waals surface area contributed by atoms with Crippen LogP contribution < -0.4 is 0 Å². The highest BCUT2D eigenvalue weighted by Crippen LogP contribution is 2.33. The molecule has 18 heavy (non-hydrogen) atoms. The fourth-order valence-corrected chi connectivity index (χ4v) is 2.30. The van der Waals surface area contributed by atoms with Crippen LogP contribution in [0.5, 0.6) is 0 Å². The summed E-state index contributed by atoms with van der Waals surface area (Å²) in [6.45, 7) is 6.98. The lowest BCUT2D eigenvalue weighted by Gasteiger charge is -2.19. The van der Waals surface area contributed by atoms with Gasteiger partial charge in [0.15, 0.2) is 0 Å². The Labute approximate surface area is 110 Å². The van der Waals surface area contributed by atoms with Crippen molar-refractivity contribution in [3.05, 3.63) is 29.3 Å². The number of hydrogen-bond acceptors (Lipinski definition) is 2. The van der Waals surface area contributed by atoms with Gasteiger partial charge < -0.3 is 5.11 Å². The van der Waals surface area contributed by atoms with E-state index < -0.39 is 0 Å². The zero-order valence-corrected chi connectivity index (χ0v) is 11.7. The Balaban J connectivity index is 2.11. The van der Waals surface area contributed by atoms with Gasteiger partial charge in [-0.15, -0.1) is 0 Å². The van der Waals surface area contributed by atoms with Gasteiger partial charge in [-0.2, -0.15) is 0 Å². The summed E-state index contributed by atoms with van der Waals surface area (Å²) in [6, 6.07) is 6.68. The molecule has 98 valence electrons. The minimum Gasteiger partial charge on any atom is -0.396 e.